The van der Waals surface area contributed by atoms with E-state index in [1.165, 1.54) is 5.56 Å². The van der Waals surface area contributed by atoms with Crippen LogP contribution in [0, 0.1) is 0 Å². The molecule has 0 heterocycles. The van der Waals surface area contributed by atoms with Crippen LogP contribution >= 0.6 is 0 Å². The molecule has 0 saturated carbocycles. The molecule has 2 N–H and O–H groups in total. The van der Waals surface area contributed by atoms with Crippen molar-refractivity contribution < 1.29 is 19.0 Å². The molecule has 0 saturated heterocycles. The summed E-state index contributed by atoms with van der Waals surface area (Å²) in [6.45, 7) is 5.06. The highest BCUT2D eigenvalue weighted by atomic mass is 16.5. The zero-order chi connectivity index (χ0) is 18.9. The molecule has 26 heavy (non-hydrogen) atoms. The average molecular weight is 358 g/mol. The van der Waals surface area contributed by atoms with Crippen LogP contribution in [0.15, 0.2) is 42.5 Å². The summed E-state index contributed by atoms with van der Waals surface area (Å²) in [7, 11) is 3.11. The van der Waals surface area contributed by atoms with Crippen LogP contribution < -0.4 is 24.8 Å². The van der Waals surface area contributed by atoms with E-state index in [2.05, 4.69) is 30.5 Å². The van der Waals surface area contributed by atoms with Gasteiger partial charge in [0.1, 0.15) is 12.4 Å². The van der Waals surface area contributed by atoms with Crippen LogP contribution in [0.2, 0.25) is 0 Å². The molecule has 0 spiro atoms. The fourth-order valence-corrected chi connectivity index (χ4v) is 2.39. The standard InChI is InChI=1S/C20H26N2O4/c1-14(2)15-6-5-7-17(12-15)26-11-10-21-20(23)22-16-8-9-18(24-3)19(13-16)25-4/h5-9,12-14H,10-11H2,1-4H3,(H2,21,22,23). The third kappa shape index (κ3) is 5.58. The molecule has 0 unspecified atom stereocenters. The first kappa shape index (κ1) is 19.4. The van der Waals surface area contributed by atoms with Crippen LogP contribution in [0.25, 0.3) is 0 Å². The van der Waals surface area contributed by atoms with Gasteiger partial charge >= 0.3 is 6.03 Å². The first-order chi connectivity index (χ1) is 12.5. The number of benzene rings is 2. The fourth-order valence-electron chi connectivity index (χ4n) is 2.39. The first-order valence-electron chi connectivity index (χ1n) is 8.53. The predicted molar refractivity (Wildman–Crippen MR) is 103 cm³/mol. The van der Waals surface area contributed by atoms with Crippen LogP contribution in [0.3, 0.4) is 0 Å². The fraction of sp³-hybridized carbons (Fsp3) is 0.350. The lowest BCUT2D eigenvalue weighted by molar-refractivity contribution is 0.247. The van der Waals surface area contributed by atoms with Crippen molar-refractivity contribution >= 4 is 11.7 Å². The second-order valence-electron chi connectivity index (χ2n) is 6.03. The van der Waals surface area contributed by atoms with Crippen molar-refractivity contribution in [2.75, 3.05) is 32.7 Å². The molecule has 0 aliphatic carbocycles. The second kappa shape index (κ2) is 9.56. The summed E-state index contributed by atoms with van der Waals surface area (Å²) in [6, 6.07) is 12.9. The van der Waals surface area contributed by atoms with Crippen molar-refractivity contribution in [3.05, 3.63) is 48.0 Å². The molecule has 140 valence electrons. The lowest BCUT2D eigenvalue weighted by atomic mass is 10.0. The minimum atomic E-state index is -0.309. The van der Waals surface area contributed by atoms with Crippen LogP contribution in [-0.4, -0.2) is 33.4 Å². The Hall–Kier alpha value is -2.89. The molecule has 0 aromatic heterocycles. The van der Waals surface area contributed by atoms with Crippen LogP contribution in [0.1, 0.15) is 25.3 Å². The number of methoxy groups -OCH3 is 2. The Morgan fingerprint density at radius 3 is 2.50 bits per heavy atom. The van der Waals surface area contributed by atoms with Gasteiger partial charge < -0.3 is 24.8 Å². The maximum Gasteiger partial charge on any atom is 0.319 e. The molecule has 0 atom stereocenters. The summed E-state index contributed by atoms with van der Waals surface area (Å²) in [5.74, 6) is 2.41. The Morgan fingerprint density at radius 1 is 1.04 bits per heavy atom. The number of ether oxygens (including phenoxy) is 3. The monoisotopic (exact) mass is 358 g/mol. The molecule has 0 bridgehead atoms. The molecule has 0 aliphatic rings. The minimum absolute atomic E-state index is 0.309. The van der Waals surface area contributed by atoms with Gasteiger partial charge in [-0.25, -0.2) is 4.79 Å². The number of anilines is 1. The zero-order valence-electron chi connectivity index (χ0n) is 15.7. The quantitative estimate of drug-likeness (QED) is 0.699. The highest BCUT2D eigenvalue weighted by Gasteiger charge is 2.07. The summed E-state index contributed by atoms with van der Waals surface area (Å²) in [4.78, 5) is 12.0. The van der Waals surface area contributed by atoms with Gasteiger partial charge in [0.25, 0.3) is 0 Å². The van der Waals surface area contributed by atoms with Crippen LogP contribution in [-0.2, 0) is 0 Å². The van der Waals surface area contributed by atoms with Crippen molar-refractivity contribution in [2.45, 2.75) is 19.8 Å². The summed E-state index contributed by atoms with van der Waals surface area (Å²) in [5.41, 5.74) is 1.84. The van der Waals surface area contributed by atoms with Crippen molar-refractivity contribution in [3.63, 3.8) is 0 Å². The number of rotatable bonds is 8. The smallest absolute Gasteiger partial charge is 0.319 e. The Bertz CT molecular complexity index is 732. The van der Waals surface area contributed by atoms with E-state index in [-0.39, 0.29) is 6.03 Å². The molecule has 6 heteroatoms. The minimum Gasteiger partial charge on any atom is -0.493 e. The Kier molecular flexibility index (Phi) is 7.14. The van der Waals surface area contributed by atoms with E-state index < -0.39 is 0 Å². The van der Waals surface area contributed by atoms with Gasteiger partial charge in [-0.3, -0.25) is 0 Å². The van der Waals surface area contributed by atoms with Gasteiger partial charge in [0.15, 0.2) is 11.5 Å². The Morgan fingerprint density at radius 2 is 1.81 bits per heavy atom. The molecule has 6 nitrogen and oxygen atoms in total. The van der Waals surface area contributed by atoms with Crippen LogP contribution in [0.5, 0.6) is 17.2 Å². The molecule has 2 aromatic carbocycles. The van der Waals surface area contributed by atoms with Crippen LogP contribution in [0.4, 0.5) is 10.5 Å². The van der Waals surface area contributed by atoms with Crippen molar-refractivity contribution in [1.29, 1.82) is 0 Å². The number of amides is 2. The van der Waals surface area contributed by atoms with Gasteiger partial charge in [-0.15, -0.1) is 0 Å². The van der Waals surface area contributed by atoms with Gasteiger partial charge in [-0.1, -0.05) is 26.0 Å². The average Bonchev–Trinajstić information content (AvgIpc) is 2.65. The SMILES string of the molecule is COc1ccc(NC(=O)NCCOc2cccc(C(C)C)c2)cc1OC. The van der Waals surface area contributed by atoms with E-state index in [1.54, 1.807) is 32.4 Å². The second-order valence-corrected chi connectivity index (χ2v) is 6.03. The summed E-state index contributed by atoms with van der Waals surface area (Å²) >= 11 is 0. The normalized spacial score (nSPS) is 10.3. The highest BCUT2D eigenvalue weighted by molar-refractivity contribution is 5.89. The molecule has 2 aromatic rings. The van der Waals surface area contributed by atoms with E-state index in [1.807, 2.05) is 18.2 Å². The molecule has 2 rings (SSSR count). The number of urea groups is 1. The molecule has 0 radical (unpaired) electrons. The molecule has 2 amide bonds. The van der Waals surface area contributed by atoms with Crippen molar-refractivity contribution in [2.24, 2.45) is 0 Å². The molecule has 0 aliphatic heterocycles. The summed E-state index contributed by atoms with van der Waals surface area (Å²) in [6.07, 6.45) is 0. The van der Waals surface area contributed by atoms with Crippen molar-refractivity contribution in [1.82, 2.24) is 5.32 Å². The highest BCUT2D eigenvalue weighted by Crippen LogP contribution is 2.29. The van der Waals surface area contributed by atoms with Gasteiger partial charge in [0, 0.05) is 11.8 Å². The lowest BCUT2D eigenvalue weighted by Crippen LogP contribution is -2.32. The van der Waals surface area contributed by atoms with E-state index in [9.17, 15) is 4.79 Å². The van der Waals surface area contributed by atoms with Gasteiger partial charge in [0.05, 0.1) is 20.8 Å². The lowest BCUT2D eigenvalue weighted by Gasteiger charge is -2.12. The number of hydrogen-bond acceptors (Lipinski definition) is 4. The van der Waals surface area contributed by atoms with Gasteiger partial charge in [-0.2, -0.15) is 0 Å². The van der Waals surface area contributed by atoms with E-state index in [0.717, 1.165) is 5.75 Å². The summed E-state index contributed by atoms with van der Waals surface area (Å²) < 4.78 is 16.1. The summed E-state index contributed by atoms with van der Waals surface area (Å²) in [5, 5.41) is 5.51. The molecule has 0 fully saturated rings. The number of carbonyl (C=O) groups is 1. The maximum absolute atomic E-state index is 12.0. The van der Waals surface area contributed by atoms with E-state index >= 15 is 0 Å². The maximum atomic E-state index is 12.0. The number of carbonyl (C=O) groups excluding carboxylic acids is 1. The van der Waals surface area contributed by atoms with Crippen molar-refractivity contribution in [3.8, 4) is 17.2 Å². The first-order valence-corrected chi connectivity index (χ1v) is 8.53. The molecular weight excluding hydrogens is 332 g/mol. The third-order valence-electron chi connectivity index (χ3n) is 3.82. The molecular formula is C20H26N2O4. The zero-order valence-corrected chi connectivity index (χ0v) is 15.7. The Labute approximate surface area is 154 Å². The van der Waals surface area contributed by atoms with E-state index in [0.29, 0.717) is 36.3 Å². The topological polar surface area (TPSA) is 68.8 Å². The Balaban J connectivity index is 1.78. The van der Waals surface area contributed by atoms with E-state index in [4.69, 9.17) is 14.2 Å². The number of nitrogens with one attached hydrogen (secondary N) is 2. The third-order valence-corrected chi connectivity index (χ3v) is 3.82. The van der Waals surface area contributed by atoms with Gasteiger partial charge in [0.2, 0.25) is 0 Å². The number of hydrogen-bond donors (Lipinski definition) is 2. The predicted octanol–water partition coefficient (Wildman–Crippen LogP) is 4.03. The van der Waals surface area contributed by atoms with Gasteiger partial charge in [-0.05, 0) is 35.7 Å². The largest absolute Gasteiger partial charge is 0.493 e.